The average molecular weight is 442 g/mol. The van der Waals surface area contributed by atoms with Gasteiger partial charge in [-0.1, -0.05) is 30.2 Å². The first-order chi connectivity index (χ1) is 15.3. The van der Waals surface area contributed by atoms with Gasteiger partial charge < -0.3 is 14.8 Å². The van der Waals surface area contributed by atoms with Crippen LogP contribution < -0.4 is 20.2 Å². The molecule has 1 aromatic carbocycles. The highest BCUT2D eigenvalue weighted by atomic mass is 16.5. The maximum Gasteiger partial charge on any atom is 0.259 e. The first kappa shape index (κ1) is 25.2. The minimum absolute atomic E-state index is 0.168. The maximum atomic E-state index is 12.3. The summed E-state index contributed by atoms with van der Waals surface area (Å²) < 4.78 is 10.4. The number of methoxy groups -OCH3 is 2. The number of carbonyl (C=O) groups is 2. The molecule has 0 heterocycles. The van der Waals surface area contributed by atoms with E-state index in [2.05, 4.69) is 48.8 Å². The molecule has 0 aromatic heterocycles. The van der Waals surface area contributed by atoms with E-state index in [-0.39, 0.29) is 18.4 Å². The maximum absolute atomic E-state index is 12.3. The number of hydrogen-bond donors (Lipinski definition) is 2. The van der Waals surface area contributed by atoms with Gasteiger partial charge in [-0.3, -0.25) is 9.59 Å². The van der Waals surface area contributed by atoms with E-state index in [4.69, 9.17) is 9.47 Å². The van der Waals surface area contributed by atoms with E-state index in [0.29, 0.717) is 28.9 Å². The Labute approximate surface area is 190 Å². The molecule has 0 unspecified atom stereocenters. The lowest BCUT2D eigenvalue weighted by molar-refractivity contribution is -0.120. The zero-order chi connectivity index (χ0) is 23.5. The summed E-state index contributed by atoms with van der Waals surface area (Å²) in [6.45, 7) is 6.30. The number of carbonyl (C=O) groups excluding carboxylic acids is 2. The van der Waals surface area contributed by atoms with Crippen LogP contribution in [0.2, 0.25) is 0 Å². The highest BCUT2D eigenvalue weighted by Gasteiger charge is 2.20. The molecule has 32 heavy (non-hydrogen) atoms. The van der Waals surface area contributed by atoms with E-state index >= 15 is 0 Å². The van der Waals surface area contributed by atoms with Gasteiger partial charge in [0.25, 0.3) is 11.8 Å². The second kappa shape index (κ2) is 12.7. The van der Waals surface area contributed by atoms with Crippen molar-refractivity contribution in [2.45, 2.75) is 46.5 Å². The third-order valence-electron chi connectivity index (χ3n) is 5.52. The molecular formula is C25H35N3O4. The molecular weight excluding hydrogens is 406 g/mol. The van der Waals surface area contributed by atoms with E-state index < -0.39 is 0 Å². The summed E-state index contributed by atoms with van der Waals surface area (Å²) in [4.78, 5) is 24.3. The Morgan fingerprint density at radius 1 is 1.19 bits per heavy atom. The Bertz CT molecular complexity index is 885. The minimum atomic E-state index is -0.378. The third-order valence-corrected chi connectivity index (χ3v) is 5.52. The molecule has 0 fully saturated rings. The number of amides is 2. The van der Waals surface area contributed by atoms with Crippen molar-refractivity contribution in [3.63, 3.8) is 0 Å². The number of ether oxygens (including phenoxy) is 2. The molecule has 0 saturated carbocycles. The van der Waals surface area contributed by atoms with Gasteiger partial charge >= 0.3 is 0 Å². The van der Waals surface area contributed by atoms with Crippen LogP contribution in [0, 0.1) is 11.8 Å². The molecule has 2 rings (SSSR count). The molecule has 1 aliphatic carbocycles. The number of benzene rings is 1. The Morgan fingerprint density at radius 3 is 2.59 bits per heavy atom. The summed E-state index contributed by atoms with van der Waals surface area (Å²) in [5.74, 6) is 0.997. The normalized spacial score (nSPS) is 18.0. The lowest BCUT2D eigenvalue weighted by atomic mass is 9.80. The Morgan fingerprint density at radius 2 is 1.94 bits per heavy atom. The molecule has 1 aliphatic rings. The molecule has 0 aliphatic heterocycles. The van der Waals surface area contributed by atoms with Crippen LogP contribution in [-0.4, -0.2) is 38.8 Å². The number of allylic oxidation sites excluding steroid dienone is 4. The summed E-state index contributed by atoms with van der Waals surface area (Å²) in [7, 11) is 3.02. The van der Waals surface area contributed by atoms with Gasteiger partial charge in [0, 0.05) is 17.7 Å². The van der Waals surface area contributed by atoms with E-state index in [1.807, 2.05) is 6.21 Å². The lowest BCUT2D eigenvalue weighted by Gasteiger charge is -2.25. The molecule has 7 heteroatoms. The van der Waals surface area contributed by atoms with Crippen molar-refractivity contribution < 1.29 is 19.1 Å². The molecule has 2 atom stereocenters. The SMILES string of the molecule is COc1ccc(C(=O)NCC(=O)N/N=C/[C@H]2CC=C(CCC=C(C)C)C[C@H]2C)cc1OC. The monoisotopic (exact) mass is 441 g/mol. The van der Waals surface area contributed by atoms with E-state index in [1.165, 1.54) is 25.4 Å². The van der Waals surface area contributed by atoms with Crippen molar-refractivity contribution in [2.24, 2.45) is 16.9 Å². The summed E-state index contributed by atoms with van der Waals surface area (Å²) in [6.07, 6.45) is 10.6. The first-order valence-electron chi connectivity index (χ1n) is 11.0. The quantitative estimate of drug-likeness (QED) is 0.323. The number of hydrazone groups is 1. The van der Waals surface area contributed by atoms with Gasteiger partial charge in [0.1, 0.15) is 0 Å². The predicted molar refractivity (Wildman–Crippen MR) is 127 cm³/mol. The van der Waals surface area contributed by atoms with Crippen LogP contribution in [0.5, 0.6) is 11.5 Å². The predicted octanol–water partition coefficient (Wildman–Crippen LogP) is 4.25. The van der Waals surface area contributed by atoms with Crippen LogP contribution in [0.3, 0.4) is 0 Å². The average Bonchev–Trinajstić information content (AvgIpc) is 2.78. The fraction of sp³-hybridized carbons (Fsp3) is 0.480. The molecule has 0 saturated heterocycles. The summed E-state index contributed by atoms with van der Waals surface area (Å²) >= 11 is 0. The highest BCUT2D eigenvalue weighted by Crippen LogP contribution is 2.30. The van der Waals surface area contributed by atoms with Crippen molar-refractivity contribution in [1.29, 1.82) is 0 Å². The summed E-state index contributed by atoms with van der Waals surface area (Å²) in [6, 6.07) is 4.82. The molecule has 1 aromatic rings. The zero-order valence-electron chi connectivity index (χ0n) is 19.7. The van der Waals surface area contributed by atoms with Gasteiger partial charge in [-0.2, -0.15) is 5.10 Å². The van der Waals surface area contributed by atoms with E-state index in [0.717, 1.165) is 25.7 Å². The third kappa shape index (κ3) is 7.87. The summed E-state index contributed by atoms with van der Waals surface area (Å²) in [5, 5.41) is 6.69. The largest absolute Gasteiger partial charge is 0.493 e. The standard InChI is InChI=1S/C25H35N3O4/c1-17(2)7-6-8-19-9-10-21(18(3)13-19)15-27-28-24(29)16-26-25(30)20-11-12-22(31-4)23(14-20)32-5/h7,9,11-12,14-15,18,21H,6,8,10,13,16H2,1-5H3,(H,26,30)(H,28,29)/b27-15+/t18-,21-/m1/s1. The smallest absolute Gasteiger partial charge is 0.259 e. The van der Waals surface area contributed by atoms with Crippen LogP contribution in [-0.2, 0) is 4.79 Å². The lowest BCUT2D eigenvalue weighted by Crippen LogP contribution is -2.35. The van der Waals surface area contributed by atoms with Crippen LogP contribution in [0.25, 0.3) is 0 Å². The molecule has 2 N–H and O–H groups in total. The second-order valence-electron chi connectivity index (χ2n) is 8.33. The van der Waals surface area contributed by atoms with Crippen LogP contribution >= 0.6 is 0 Å². The van der Waals surface area contributed by atoms with Gasteiger partial charge in [0.15, 0.2) is 11.5 Å². The second-order valence-corrected chi connectivity index (χ2v) is 8.33. The van der Waals surface area contributed by atoms with Gasteiger partial charge in [0.2, 0.25) is 0 Å². The molecule has 174 valence electrons. The number of rotatable bonds is 10. The van der Waals surface area contributed by atoms with Crippen LogP contribution in [0.15, 0.2) is 46.6 Å². The van der Waals surface area contributed by atoms with Crippen LogP contribution in [0.4, 0.5) is 0 Å². The fourth-order valence-electron chi connectivity index (χ4n) is 3.63. The van der Waals surface area contributed by atoms with Crippen molar-refractivity contribution in [2.75, 3.05) is 20.8 Å². The summed E-state index contributed by atoms with van der Waals surface area (Å²) in [5.41, 5.74) is 5.73. The number of hydrogen-bond acceptors (Lipinski definition) is 5. The van der Waals surface area contributed by atoms with Gasteiger partial charge in [-0.25, -0.2) is 5.43 Å². The molecule has 0 spiro atoms. The van der Waals surface area contributed by atoms with Crippen molar-refractivity contribution in [3.8, 4) is 11.5 Å². The van der Waals surface area contributed by atoms with Crippen LogP contribution in [0.1, 0.15) is 56.8 Å². The number of nitrogens with zero attached hydrogens (tertiary/aromatic N) is 1. The molecule has 2 amide bonds. The zero-order valence-corrected chi connectivity index (χ0v) is 19.7. The van der Waals surface area contributed by atoms with Gasteiger partial charge in [0.05, 0.1) is 20.8 Å². The van der Waals surface area contributed by atoms with Crippen molar-refractivity contribution >= 4 is 18.0 Å². The Balaban J connectivity index is 1.77. The number of nitrogens with one attached hydrogen (secondary N) is 2. The van der Waals surface area contributed by atoms with E-state index in [1.54, 1.807) is 18.2 Å². The van der Waals surface area contributed by atoms with Crippen molar-refractivity contribution in [3.05, 3.63) is 47.1 Å². The Kier molecular flexibility index (Phi) is 9.98. The molecule has 7 nitrogen and oxygen atoms in total. The van der Waals surface area contributed by atoms with Gasteiger partial charge in [-0.15, -0.1) is 0 Å². The van der Waals surface area contributed by atoms with Gasteiger partial charge in [-0.05, 0) is 63.6 Å². The minimum Gasteiger partial charge on any atom is -0.493 e. The van der Waals surface area contributed by atoms with E-state index in [9.17, 15) is 9.59 Å². The first-order valence-corrected chi connectivity index (χ1v) is 11.0. The fourth-order valence-corrected chi connectivity index (χ4v) is 3.63. The molecule has 0 bridgehead atoms. The topological polar surface area (TPSA) is 89.0 Å². The van der Waals surface area contributed by atoms with Crippen molar-refractivity contribution in [1.82, 2.24) is 10.7 Å². The Hall–Kier alpha value is -3.09. The molecule has 0 radical (unpaired) electrons. The highest BCUT2D eigenvalue weighted by molar-refractivity contribution is 5.97.